The lowest BCUT2D eigenvalue weighted by atomic mass is 10.2. The molecule has 112 valence electrons. The van der Waals surface area contributed by atoms with E-state index in [-0.39, 0.29) is 22.2 Å². The minimum Gasteiger partial charge on any atom is -0.324 e. The molecule has 2 aromatic rings. The first kappa shape index (κ1) is 14.2. The van der Waals surface area contributed by atoms with Gasteiger partial charge in [-0.2, -0.15) is 8.42 Å². The zero-order valence-electron chi connectivity index (χ0n) is 11.6. The van der Waals surface area contributed by atoms with E-state index >= 15 is 0 Å². The monoisotopic (exact) mass is 316 g/mol. The molecular weight excluding hydrogens is 304 g/mol. The van der Waals surface area contributed by atoms with E-state index in [0.717, 1.165) is 4.41 Å². The van der Waals surface area contributed by atoms with Crippen molar-refractivity contribution in [1.82, 2.24) is 0 Å². The van der Waals surface area contributed by atoms with Gasteiger partial charge in [-0.15, -0.1) is 9.53 Å². The van der Waals surface area contributed by atoms with E-state index in [1.807, 2.05) is 0 Å². The van der Waals surface area contributed by atoms with Crippen LogP contribution in [0, 0.1) is 0 Å². The Balaban J connectivity index is 2.14. The first-order valence-corrected chi connectivity index (χ1v) is 7.87. The number of nitrogens with zero attached hydrogens (tertiary/aromatic N) is 3. The van der Waals surface area contributed by atoms with Crippen molar-refractivity contribution in [3.05, 3.63) is 48.5 Å². The Kier molecular flexibility index (Phi) is 3.38. The number of fused-ring (bicyclic) bond motifs is 1. The highest BCUT2D eigenvalue weighted by Crippen LogP contribution is 2.37. The fourth-order valence-corrected chi connectivity index (χ4v) is 3.46. The van der Waals surface area contributed by atoms with Gasteiger partial charge in [0.15, 0.2) is 0 Å². The van der Waals surface area contributed by atoms with E-state index in [4.69, 9.17) is 0 Å². The number of rotatable bonds is 2. The van der Waals surface area contributed by atoms with Crippen LogP contribution < -0.4 is 9.73 Å². The van der Waals surface area contributed by atoms with Crippen molar-refractivity contribution in [2.24, 2.45) is 10.3 Å². The Bertz CT molecular complexity index is 877. The number of hydrogen-bond donors (Lipinski definition) is 1. The van der Waals surface area contributed by atoms with E-state index in [9.17, 15) is 13.2 Å². The van der Waals surface area contributed by atoms with Gasteiger partial charge in [0, 0.05) is 6.92 Å². The van der Waals surface area contributed by atoms with Gasteiger partial charge in [0.05, 0.1) is 5.69 Å². The summed E-state index contributed by atoms with van der Waals surface area (Å²) in [5.41, 5.74) is 0.864. The van der Waals surface area contributed by atoms with Gasteiger partial charge in [0.1, 0.15) is 16.3 Å². The summed E-state index contributed by atoms with van der Waals surface area (Å²) in [4.78, 5) is 11.3. The Hall–Kier alpha value is -2.74. The number of carbonyl (C=O) groups is 1. The van der Waals surface area contributed by atoms with Crippen LogP contribution in [0.15, 0.2) is 63.8 Å². The predicted molar refractivity (Wildman–Crippen MR) is 81.4 cm³/mol. The number of hydrogen-bond acceptors (Lipinski definition) is 5. The Morgan fingerprint density at radius 2 is 1.77 bits per heavy atom. The average molecular weight is 316 g/mol. The Morgan fingerprint density at radius 3 is 2.55 bits per heavy atom. The molecule has 7 nitrogen and oxygen atoms in total. The minimum atomic E-state index is -3.87. The first-order valence-electron chi connectivity index (χ1n) is 6.43. The second-order valence-electron chi connectivity index (χ2n) is 4.60. The zero-order valence-corrected chi connectivity index (χ0v) is 12.4. The van der Waals surface area contributed by atoms with Crippen LogP contribution in [0.25, 0.3) is 0 Å². The molecule has 8 heteroatoms. The van der Waals surface area contributed by atoms with Gasteiger partial charge < -0.3 is 5.32 Å². The summed E-state index contributed by atoms with van der Waals surface area (Å²) in [6.45, 7) is 1.35. The Morgan fingerprint density at radius 1 is 1.09 bits per heavy atom. The lowest BCUT2D eigenvalue weighted by molar-refractivity contribution is -0.114. The van der Waals surface area contributed by atoms with Crippen LogP contribution in [-0.2, 0) is 14.8 Å². The van der Waals surface area contributed by atoms with Crippen LogP contribution in [0.4, 0.5) is 17.1 Å². The smallest absolute Gasteiger partial charge is 0.287 e. The number of carbonyl (C=O) groups excluding carboxylic acids is 1. The maximum Gasteiger partial charge on any atom is 0.287 e. The molecule has 0 radical (unpaired) electrons. The second-order valence-corrected chi connectivity index (χ2v) is 6.34. The van der Waals surface area contributed by atoms with E-state index in [1.165, 1.54) is 13.0 Å². The molecule has 0 spiro atoms. The molecule has 1 aliphatic rings. The third-order valence-electron chi connectivity index (χ3n) is 3.03. The molecule has 2 aromatic carbocycles. The topological polar surface area (TPSA) is 91.2 Å². The summed E-state index contributed by atoms with van der Waals surface area (Å²) in [7, 11) is -3.87. The quantitative estimate of drug-likeness (QED) is 0.923. The molecule has 0 unspecified atom stereocenters. The Labute approximate surface area is 127 Å². The fraction of sp³-hybridized carbons (Fsp3) is 0.0714. The van der Waals surface area contributed by atoms with Crippen molar-refractivity contribution < 1.29 is 13.2 Å². The van der Waals surface area contributed by atoms with Crippen LogP contribution in [-0.4, -0.2) is 14.3 Å². The molecule has 0 saturated carbocycles. The van der Waals surface area contributed by atoms with E-state index in [2.05, 4.69) is 15.7 Å². The number of anilines is 2. The van der Waals surface area contributed by atoms with Gasteiger partial charge in [-0.05, 0) is 24.3 Å². The van der Waals surface area contributed by atoms with Crippen molar-refractivity contribution >= 4 is 33.0 Å². The van der Waals surface area contributed by atoms with Crippen molar-refractivity contribution in [1.29, 1.82) is 0 Å². The summed E-state index contributed by atoms with van der Waals surface area (Å²) in [5.74, 6) is -0.306. The van der Waals surface area contributed by atoms with Gasteiger partial charge in [-0.1, -0.05) is 29.5 Å². The van der Waals surface area contributed by atoms with Crippen molar-refractivity contribution in [3.8, 4) is 0 Å². The van der Waals surface area contributed by atoms with Crippen LogP contribution in [0.5, 0.6) is 0 Å². The van der Waals surface area contributed by atoms with Crippen molar-refractivity contribution in [2.75, 3.05) is 9.73 Å². The van der Waals surface area contributed by atoms with Gasteiger partial charge in [-0.3, -0.25) is 4.79 Å². The van der Waals surface area contributed by atoms with Crippen LogP contribution >= 0.6 is 0 Å². The van der Waals surface area contributed by atoms with Crippen molar-refractivity contribution in [3.63, 3.8) is 0 Å². The lowest BCUT2D eigenvalue weighted by Crippen LogP contribution is -2.28. The predicted octanol–water partition coefficient (Wildman–Crippen LogP) is 2.85. The molecule has 1 heterocycles. The minimum absolute atomic E-state index is 0.0719. The molecule has 0 atom stereocenters. The standard InChI is InChI=1S/C14H12N4O3S/c1-10(19)15-11-6-2-4-8-13(11)18-17-16-12-7-3-5-9-14(12)22(18,20)21/h2-9H,1H3,(H,15,19). The normalized spacial score (nSPS) is 15.2. The molecule has 3 rings (SSSR count). The molecule has 0 aromatic heterocycles. The third-order valence-corrected chi connectivity index (χ3v) is 4.65. The fourth-order valence-electron chi connectivity index (χ4n) is 2.10. The summed E-state index contributed by atoms with van der Waals surface area (Å²) in [6, 6.07) is 12.9. The molecule has 0 saturated heterocycles. The highest BCUT2D eigenvalue weighted by atomic mass is 32.2. The third kappa shape index (κ3) is 2.33. The van der Waals surface area contributed by atoms with Gasteiger partial charge in [0.25, 0.3) is 10.0 Å². The largest absolute Gasteiger partial charge is 0.324 e. The van der Waals surface area contributed by atoms with Gasteiger partial charge >= 0.3 is 0 Å². The zero-order chi connectivity index (χ0) is 15.7. The average Bonchev–Trinajstić information content (AvgIpc) is 2.48. The number of nitrogens with one attached hydrogen (secondary N) is 1. The van der Waals surface area contributed by atoms with Crippen molar-refractivity contribution in [2.45, 2.75) is 11.8 Å². The molecular formula is C14H12N4O3S. The SMILES string of the molecule is CC(=O)Nc1ccccc1N1N=Nc2ccccc2S1(=O)=O. The molecule has 1 aliphatic heterocycles. The maximum atomic E-state index is 12.7. The lowest BCUT2D eigenvalue weighted by Gasteiger charge is -2.23. The van der Waals surface area contributed by atoms with Crippen LogP contribution in [0.2, 0.25) is 0 Å². The highest BCUT2D eigenvalue weighted by Gasteiger charge is 2.32. The summed E-state index contributed by atoms with van der Waals surface area (Å²) in [6.07, 6.45) is 0. The van der Waals surface area contributed by atoms with E-state index < -0.39 is 10.0 Å². The summed E-state index contributed by atoms with van der Waals surface area (Å²) >= 11 is 0. The molecule has 0 fully saturated rings. The number of amides is 1. The molecule has 0 bridgehead atoms. The maximum absolute atomic E-state index is 12.7. The van der Waals surface area contributed by atoms with E-state index in [1.54, 1.807) is 42.5 Å². The van der Waals surface area contributed by atoms with Crippen LogP contribution in [0.1, 0.15) is 6.92 Å². The first-order chi connectivity index (χ1) is 10.5. The number of para-hydroxylation sites is 2. The highest BCUT2D eigenvalue weighted by molar-refractivity contribution is 7.93. The second kappa shape index (κ2) is 5.23. The summed E-state index contributed by atoms with van der Waals surface area (Å²) in [5, 5.41) is 10.3. The number of sulfonamides is 1. The van der Waals surface area contributed by atoms with E-state index in [0.29, 0.717) is 5.69 Å². The molecule has 1 amide bonds. The molecule has 22 heavy (non-hydrogen) atoms. The summed E-state index contributed by atoms with van der Waals surface area (Å²) < 4.78 is 26.2. The molecule has 1 N–H and O–H groups in total. The van der Waals surface area contributed by atoms with Gasteiger partial charge in [-0.25, -0.2) is 0 Å². The molecule has 0 aliphatic carbocycles. The van der Waals surface area contributed by atoms with Crippen LogP contribution in [0.3, 0.4) is 0 Å². The number of benzene rings is 2. The van der Waals surface area contributed by atoms with Gasteiger partial charge in [0.2, 0.25) is 5.91 Å².